The molecule has 0 amide bonds. The van der Waals surface area contributed by atoms with Gasteiger partial charge in [0.25, 0.3) is 0 Å². The van der Waals surface area contributed by atoms with Gasteiger partial charge >= 0.3 is 6.36 Å². The van der Waals surface area contributed by atoms with Crippen LogP contribution in [0.15, 0.2) is 23.5 Å². The van der Waals surface area contributed by atoms with Gasteiger partial charge in [0.15, 0.2) is 0 Å². The number of allylic oxidation sites excluding steroid dienone is 3. The van der Waals surface area contributed by atoms with Crippen LogP contribution in [0.4, 0.5) is 13.2 Å². The maximum atomic E-state index is 12.6. The first-order valence-electron chi connectivity index (χ1n) is 7.59. The minimum Gasteiger partial charge on any atom is -0.406 e. The SMILES string of the molecule is CCCC(C[S@@](=O)C(C)(C)C)C1=CCCC=C1OC(F)(F)F. The van der Waals surface area contributed by atoms with Crippen molar-refractivity contribution in [2.75, 3.05) is 5.75 Å². The molecule has 0 aromatic heterocycles. The molecular weight excluding hydrogens is 313 g/mol. The van der Waals surface area contributed by atoms with Crippen molar-refractivity contribution in [3.63, 3.8) is 0 Å². The predicted octanol–water partition coefficient (Wildman–Crippen LogP) is 5.09. The van der Waals surface area contributed by atoms with Gasteiger partial charge in [0.2, 0.25) is 0 Å². The van der Waals surface area contributed by atoms with Gasteiger partial charge in [-0.25, -0.2) is 0 Å². The van der Waals surface area contributed by atoms with Crippen molar-refractivity contribution in [1.82, 2.24) is 0 Å². The molecule has 0 heterocycles. The number of hydrogen-bond acceptors (Lipinski definition) is 2. The van der Waals surface area contributed by atoms with Crippen LogP contribution < -0.4 is 0 Å². The van der Waals surface area contributed by atoms with Gasteiger partial charge in [-0.2, -0.15) is 0 Å². The molecule has 0 spiro atoms. The lowest BCUT2D eigenvalue weighted by atomic mass is 9.90. The lowest BCUT2D eigenvalue weighted by Gasteiger charge is -2.27. The van der Waals surface area contributed by atoms with Crippen molar-refractivity contribution in [2.24, 2.45) is 5.92 Å². The summed E-state index contributed by atoms with van der Waals surface area (Å²) >= 11 is 0. The minimum atomic E-state index is -4.69. The first kappa shape index (κ1) is 19.3. The first-order valence-corrected chi connectivity index (χ1v) is 8.91. The van der Waals surface area contributed by atoms with Crippen LogP contribution in [0.5, 0.6) is 0 Å². The molecule has 2 nitrogen and oxygen atoms in total. The molecule has 0 saturated carbocycles. The molecule has 0 aromatic rings. The van der Waals surface area contributed by atoms with Crippen LogP contribution in [0.3, 0.4) is 0 Å². The van der Waals surface area contributed by atoms with E-state index in [0.29, 0.717) is 30.6 Å². The Morgan fingerprint density at radius 2 is 1.82 bits per heavy atom. The molecule has 22 heavy (non-hydrogen) atoms. The van der Waals surface area contributed by atoms with Crippen molar-refractivity contribution in [3.8, 4) is 0 Å². The number of ether oxygens (including phenoxy) is 1. The Balaban J connectivity index is 2.95. The van der Waals surface area contributed by atoms with E-state index in [1.165, 1.54) is 6.08 Å². The Kier molecular flexibility index (Phi) is 6.71. The Morgan fingerprint density at radius 1 is 1.23 bits per heavy atom. The maximum absolute atomic E-state index is 12.6. The van der Waals surface area contributed by atoms with Crippen molar-refractivity contribution < 1.29 is 22.1 Å². The van der Waals surface area contributed by atoms with Crippen LogP contribution in [-0.2, 0) is 15.5 Å². The molecule has 0 saturated heterocycles. The molecule has 1 aliphatic rings. The standard InChI is InChI=1S/C16H25F3O2S/c1-5-8-12(11-22(20)15(2,3)4)13-9-6-7-10-14(13)21-16(17,18)19/h9-10,12H,5-8,11H2,1-4H3/t12?,22-/m1/s1. The third-order valence-electron chi connectivity index (χ3n) is 3.48. The van der Waals surface area contributed by atoms with Gasteiger partial charge < -0.3 is 4.74 Å². The van der Waals surface area contributed by atoms with Gasteiger partial charge in [0.1, 0.15) is 5.76 Å². The zero-order chi connectivity index (χ0) is 17.0. The van der Waals surface area contributed by atoms with E-state index in [4.69, 9.17) is 0 Å². The van der Waals surface area contributed by atoms with Gasteiger partial charge in [-0.3, -0.25) is 4.21 Å². The number of halogens is 3. The molecule has 0 N–H and O–H groups in total. The van der Waals surface area contributed by atoms with Crippen LogP contribution >= 0.6 is 0 Å². The Labute approximate surface area is 133 Å². The monoisotopic (exact) mass is 338 g/mol. The van der Waals surface area contributed by atoms with Gasteiger partial charge in [-0.1, -0.05) is 19.4 Å². The summed E-state index contributed by atoms with van der Waals surface area (Å²) in [5.41, 5.74) is 0.558. The highest BCUT2D eigenvalue weighted by Gasteiger charge is 2.35. The second-order valence-electron chi connectivity index (χ2n) is 6.46. The zero-order valence-electron chi connectivity index (χ0n) is 13.6. The number of rotatable bonds is 6. The molecule has 1 unspecified atom stereocenters. The van der Waals surface area contributed by atoms with Crippen molar-refractivity contribution in [3.05, 3.63) is 23.5 Å². The van der Waals surface area contributed by atoms with E-state index < -0.39 is 17.2 Å². The number of alkyl halides is 3. The normalized spacial score (nSPS) is 19.2. The molecule has 2 atom stereocenters. The molecular formula is C16H25F3O2S. The molecule has 0 fully saturated rings. The lowest BCUT2D eigenvalue weighted by molar-refractivity contribution is -0.304. The van der Waals surface area contributed by atoms with Gasteiger partial charge in [0, 0.05) is 21.3 Å². The van der Waals surface area contributed by atoms with E-state index in [-0.39, 0.29) is 16.4 Å². The van der Waals surface area contributed by atoms with E-state index in [9.17, 15) is 17.4 Å². The Bertz CT molecular complexity index is 459. The van der Waals surface area contributed by atoms with Crippen LogP contribution in [-0.4, -0.2) is 21.1 Å². The van der Waals surface area contributed by atoms with E-state index in [2.05, 4.69) is 4.74 Å². The van der Waals surface area contributed by atoms with Crippen molar-refractivity contribution in [1.29, 1.82) is 0 Å². The Morgan fingerprint density at radius 3 is 2.32 bits per heavy atom. The number of hydrogen-bond donors (Lipinski definition) is 0. The fraction of sp³-hybridized carbons (Fsp3) is 0.750. The Hall–Kier alpha value is -0.780. The van der Waals surface area contributed by atoms with E-state index in [1.54, 1.807) is 6.08 Å². The second kappa shape index (κ2) is 7.66. The largest absolute Gasteiger partial charge is 0.573 e. The third kappa shape index (κ3) is 6.15. The summed E-state index contributed by atoms with van der Waals surface area (Å²) in [6.45, 7) is 7.61. The summed E-state index contributed by atoms with van der Waals surface area (Å²) in [7, 11) is -1.11. The van der Waals surface area contributed by atoms with Gasteiger partial charge in [0.05, 0.1) is 0 Å². The van der Waals surface area contributed by atoms with Crippen molar-refractivity contribution in [2.45, 2.75) is 64.5 Å². The highest BCUT2D eigenvalue weighted by atomic mass is 32.2. The topological polar surface area (TPSA) is 26.3 Å². The van der Waals surface area contributed by atoms with Crippen molar-refractivity contribution >= 4 is 10.8 Å². The average molecular weight is 338 g/mol. The summed E-state index contributed by atoms with van der Waals surface area (Å²) in [5, 5.41) is 0. The third-order valence-corrected chi connectivity index (χ3v) is 5.55. The highest BCUT2D eigenvalue weighted by molar-refractivity contribution is 7.86. The van der Waals surface area contributed by atoms with Gasteiger partial charge in [-0.05, 0) is 57.6 Å². The summed E-state index contributed by atoms with van der Waals surface area (Å²) in [6.07, 6.45) is 1.36. The predicted molar refractivity (Wildman–Crippen MR) is 83.7 cm³/mol. The van der Waals surface area contributed by atoms with Crippen LogP contribution in [0, 0.1) is 5.92 Å². The molecule has 6 heteroatoms. The first-order chi connectivity index (χ1) is 10.0. The summed E-state index contributed by atoms with van der Waals surface area (Å²) < 4.78 is 53.9. The van der Waals surface area contributed by atoms with Crippen LogP contribution in [0.2, 0.25) is 0 Å². The van der Waals surface area contributed by atoms with Crippen LogP contribution in [0.25, 0.3) is 0 Å². The molecule has 1 rings (SSSR count). The lowest BCUT2D eigenvalue weighted by Crippen LogP contribution is -2.29. The minimum absolute atomic E-state index is 0.108. The molecule has 0 radical (unpaired) electrons. The fourth-order valence-corrected chi connectivity index (χ4v) is 3.59. The smallest absolute Gasteiger partial charge is 0.406 e. The quantitative estimate of drug-likeness (QED) is 0.674. The summed E-state index contributed by atoms with van der Waals surface area (Å²) in [5.74, 6) is 0.0870. The maximum Gasteiger partial charge on any atom is 0.573 e. The summed E-state index contributed by atoms with van der Waals surface area (Å²) in [4.78, 5) is 0. The van der Waals surface area contributed by atoms with Gasteiger partial charge in [-0.15, -0.1) is 13.2 Å². The van der Waals surface area contributed by atoms with Crippen LogP contribution in [0.1, 0.15) is 53.4 Å². The van der Waals surface area contributed by atoms with E-state index in [0.717, 1.165) is 6.42 Å². The fourth-order valence-electron chi connectivity index (χ4n) is 2.37. The molecule has 1 aliphatic carbocycles. The molecule has 0 bridgehead atoms. The average Bonchev–Trinajstić information content (AvgIpc) is 2.35. The summed E-state index contributed by atoms with van der Waals surface area (Å²) in [6, 6.07) is 0. The van der Waals surface area contributed by atoms with E-state index >= 15 is 0 Å². The second-order valence-corrected chi connectivity index (χ2v) is 8.71. The highest BCUT2D eigenvalue weighted by Crippen LogP contribution is 2.35. The molecule has 0 aromatic carbocycles. The molecule has 128 valence electrons. The zero-order valence-corrected chi connectivity index (χ0v) is 14.4. The molecule has 0 aliphatic heterocycles. The van der Waals surface area contributed by atoms with E-state index in [1.807, 2.05) is 27.7 Å².